The van der Waals surface area contributed by atoms with Crippen LogP contribution in [0.3, 0.4) is 0 Å². The fourth-order valence-electron chi connectivity index (χ4n) is 1.58. The Morgan fingerprint density at radius 1 is 0.938 bits per heavy atom. The lowest BCUT2D eigenvalue weighted by Crippen LogP contribution is -2.11. The molecule has 0 radical (unpaired) electrons. The van der Waals surface area contributed by atoms with Gasteiger partial charge in [0.25, 0.3) is 0 Å². The molecule has 0 N–H and O–H groups in total. The molecule has 0 aliphatic carbocycles. The minimum Gasteiger partial charge on any atom is -0.464 e. The molecule has 0 spiro atoms. The highest BCUT2D eigenvalue weighted by Crippen LogP contribution is 2.08. The monoisotopic (exact) mass is 230 g/mol. The maximum absolute atomic E-state index is 10.9. The number of ether oxygens (including phenoxy) is 2. The summed E-state index contributed by atoms with van der Waals surface area (Å²) in [5, 5.41) is 0. The van der Waals surface area contributed by atoms with Gasteiger partial charge in [-0.1, -0.05) is 51.9 Å². The number of carbonyl (C=O) groups excluding carboxylic acids is 1. The van der Waals surface area contributed by atoms with Crippen molar-refractivity contribution >= 4 is 5.97 Å². The summed E-state index contributed by atoms with van der Waals surface area (Å²) in [6.45, 7) is 2.84. The molecule has 0 aromatic rings. The van der Waals surface area contributed by atoms with E-state index in [1.165, 1.54) is 45.6 Å². The number of carbonyl (C=O) groups is 1. The molecule has 0 amide bonds. The molecule has 0 fully saturated rings. The van der Waals surface area contributed by atoms with Crippen molar-refractivity contribution in [2.45, 2.75) is 58.3 Å². The number of hydrogen-bond donors (Lipinski definition) is 0. The van der Waals surface area contributed by atoms with E-state index in [9.17, 15) is 4.79 Å². The third-order valence-electron chi connectivity index (χ3n) is 2.52. The van der Waals surface area contributed by atoms with E-state index in [0.717, 1.165) is 12.8 Å². The zero-order valence-corrected chi connectivity index (χ0v) is 10.8. The van der Waals surface area contributed by atoms with Crippen molar-refractivity contribution in [3.8, 4) is 0 Å². The molecule has 0 bridgehead atoms. The predicted octanol–water partition coefficient (Wildman–Crippen LogP) is 3.32. The van der Waals surface area contributed by atoms with Crippen molar-refractivity contribution in [3.05, 3.63) is 0 Å². The molecule has 0 aromatic carbocycles. The van der Waals surface area contributed by atoms with Crippen LogP contribution < -0.4 is 0 Å². The number of methoxy groups -OCH3 is 1. The quantitative estimate of drug-likeness (QED) is 0.403. The Morgan fingerprint density at radius 2 is 1.50 bits per heavy atom. The predicted molar refractivity (Wildman–Crippen MR) is 65.4 cm³/mol. The van der Waals surface area contributed by atoms with Gasteiger partial charge in [-0.15, -0.1) is 0 Å². The van der Waals surface area contributed by atoms with E-state index in [4.69, 9.17) is 4.74 Å². The van der Waals surface area contributed by atoms with Crippen molar-refractivity contribution in [2.24, 2.45) is 0 Å². The molecule has 0 aliphatic heterocycles. The lowest BCUT2D eigenvalue weighted by atomic mass is 10.1. The van der Waals surface area contributed by atoms with Crippen LogP contribution in [0.25, 0.3) is 0 Å². The van der Waals surface area contributed by atoms with Crippen LogP contribution >= 0.6 is 0 Å². The first-order chi connectivity index (χ1) is 7.81. The van der Waals surface area contributed by atoms with Gasteiger partial charge in [0.15, 0.2) is 0 Å². The zero-order valence-electron chi connectivity index (χ0n) is 10.8. The third kappa shape index (κ3) is 11.5. The molecule has 96 valence electrons. The van der Waals surface area contributed by atoms with Crippen LogP contribution in [0.1, 0.15) is 58.3 Å². The van der Waals surface area contributed by atoms with Gasteiger partial charge in [-0.2, -0.15) is 0 Å². The molecule has 0 unspecified atom stereocenters. The molecule has 0 rings (SSSR count). The van der Waals surface area contributed by atoms with Gasteiger partial charge >= 0.3 is 5.97 Å². The molecular formula is C13H26O3. The summed E-state index contributed by atoms with van der Waals surface area (Å²) < 4.78 is 9.63. The Kier molecular flexibility index (Phi) is 12.1. The second kappa shape index (κ2) is 12.5. The summed E-state index contributed by atoms with van der Waals surface area (Å²) in [5.41, 5.74) is 0. The van der Waals surface area contributed by atoms with Gasteiger partial charge in [0.05, 0.1) is 6.61 Å². The lowest BCUT2D eigenvalue weighted by molar-refractivity contribution is -0.148. The maximum Gasteiger partial charge on any atom is 0.332 e. The summed E-state index contributed by atoms with van der Waals surface area (Å²) in [4.78, 5) is 10.9. The summed E-state index contributed by atoms with van der Waals surface area (Å²) in [5.74, 6) is -0.259. The number of unbranched alkanes of at least 4 members (excludes halogenated alkanes) is 7. The van der Waals surface area contributed by atoms with Crippen molar-refractivity contribution in [3.63, 3.8) is 0 Å². The van der Waals surface area contributed by atoms with Crippen LogP contribution in [0, 0.1) is 0 Å². The standard InChI is InChI=1S/C13H26O3/c1-3-4-5-6-7-8-9-10-11-16-13(14)12-15-2/h3-12H2,1-2H3. The van der Waals surface area contributed by atoms with Gasteiger partial charge < -0.3 is 9.47 Å². The van der Waals surface area contributed by atoms with Crippen LogP contribution in [-0.4, -0.2) is 26.3 Å². The molecule has 16 heavy (non-hydrogen) atoms. The van der Waals surface area contributed by atoms with Gasteiger partial charge in [0.2, 0.25) is 0 Å². The SMILES string of the molecule is CCCCCCCCCCOC(=O)COC. The minimum absolute atomic E-state index is 0.0665. The van der Waals surface area contributed by atoms with Crippen molar-refractivity contribution in [1.29, 1.82) is 0 Å². The fraction of sp³-hybridized carbons (Fsp3) is 0.923. The second-order valence-corrected chi connectivity index (χ2v) is 4.13. The van der Waals surface area contributed by atoms with E-state index in [1.807, 2.05) is 0 Å². The van der Waals surface area contributed by atoms with E-state index >= 15 is 0 Å². The highest BCUT2D eigenvalue weighted by molar-refractivity contribution is 5.70. The molecule has 3 heteroatoms. The third-order valence-corrected chi connectivity index (χ3v) is 2.52. The molecule has 0 aromatic heterocycles. The largest absolute Gasteiger partial charge is 0.464 e. The average molecular weight is 230 g/mol. The fourth-order valence-corrected chi connectivity index (χ4v) is 1.58. The van der Waals surface area contributed by atoms with Crippen molar-refractivity contribution < 1.29 is 14.3 Å². The molecular weight excluding hydrogens is 204 g/mol. The smallest absolute Gasteiger partial charge is 0.332 e. The Morgan fingerprint density at radius 3 is 2.06 bits per heavy atom. The number of rotatable bonds is 11. The molecule has 0 saturated heterocycles. The summed E-state index contributed by atoms with van der Waals surface area (Å²) >= 11 is 0. The van der Waals surface area contributed by atoms with Crippen molar-refractivity contribution in [1.82, 2.24) is 0 Å². The van der Waals surface area contributed by atoms with Crippen LogP contribution in [0.4, 0.5) is 0 Å². The highest BCUT2D eigenvalue weighted by atomic mass is 16.6. The molecule has 3 nitrogen and oxygen atoms in total. The first-order valence-electron chi connectivity index (χ1n) is 6.45. The first-order valence-corrected chi connectivity index (χ1v) is 6.45. The van der Waals surface area contributed by atoms with Crippen LogP contribution in [0.5, 0.6) is 0 Å². The first kappa shape index (κ1) is 15.4. The Bertz CT molecular complexity index is 157. The van der Waals surface area contributed by atoms with Crippen LogP contribution in [0.2, 0.25) is 0 Å². The summed E-state index contributed by atoms with van der Waals surface area (Å²) in [6, 6.07) is 0. The zero-order chi connectivity index (χ0) is 12.1. The second-order valence-electron chi connectivity index (χ2n) is 4.13. The number of hydrogen-bond acceptors (Lipinski definition) is 3. The summed E-state index contributed by atoms with van der Waals surface area (Å²) in [7, 11) is 1.50. The molecule has 0 atom stereocenters. The minimum atomic E-state index is -0.259. The van der Waals surface area contributed by atoms with Gasteiger partial charge in [-0.25, -0.2) is 4.79 Å². The Hall–Kier alpha value is -0.570. The van der Waals surface area contributed by atoms with Crippen LogP contribution in [-0.2, 0) is 14.3 Å². The molecule has 0 aliphatic rings. The van der Waals surface area contributed by atoms with E-state index in [-0.39, 0.29) is 12.6 Å². The highest BCUT2D eigenvalue weighted by Gasteiger charge is 2.00. The van der Waals surface area contributed by atoms with Gasteiger partial charge in [-0.05, 0) is 6.42 Å². The van der Waals surface area contributed by atoms with Crippen LogP contribution in [0.15, 0.2) is 0 Å². The molecule has 0 saturated carbocycles. The van der Waals surface area contributed by atoms with E-state index in [2.05, 4.69) is 11.7 Å². The Labute approximate surface area is 99.5 Å². The summed E-state index contributed by atoms with van der Waals surface area (Å²) in [6.07, 6.45) is 10.1. The van der Waals surface area contributed by atoms with Gasteiger partial charge in [0, 0.05) is 7.11 Å². The average Bonchev–Trinajstić information content (AvgIpc) is 2.27. The lowest BCUT2D eigenvalue weighted by Gasteiger charge is -2.04. The van der Waals surface area contributed by atoms with E-state index in [0.29, 0.717) is 6.61 Å². The van der Waals surface area contributed by atoms with Gasteiger partial charge in [-0.3, -0.25) is 0 Å². The van der Waals surface area contributed by atoms with Gasteiger partial charge in [0.1, 0.15) is 6.61 Å². The normalized spacial score (nSPS) is 10.4. The van der Waals surface area contributed by atoms with Crippen molar-refractivity contribution in [2.75, 3.05) is 20.3 Å². The van der Waals surface area contributed by atoms with E-state index in [1.54, 1.807) is 0 Å². The Balaban J connectivity index is 3.01. The van der Waals surface area contributed by atoms with E-state index < -0.39 is 0 Å². The number of esters is 1. The topological polar surface area (TPSA) is 35.5 Å². The maximum atomic E-state index is 10.9. The molecule has 0 heterocycles.